The Labute approximate surface area is 119 Å². The van der Waals surface area contributed by atoms with E-state index >= 15 is 0 Å². The van der Waals surface area contributed by atoms with Crippen molar-refractivity contribution in [2.24, 2.45) is 0 Å². The molecule has 5 nitrogen and oxygen atoms in total. The zero-order chi connectivity index (χ0) is 14.5. The van der Waals surface area contributed by atoms with E-state index in [4.69, 9.17) is 0 Å². The fraction of sp³-hybridized carbons (Fsp3) is 0.467. The first kappa shape index (κ1) is 14.5. The van der Waals surface area contributed by atoms with E-state index < -0.39 is 0 Å². The number of nitrogens with one attached hydrogen (secondary N) is 3. The SMILES string of the molecule is CC(C)c1ccc(CNC(=O)C2CNC(=O)CN2)cc1. The summed E-state index contributed by atoms with van der Waals surface area (Å²) in [6, 6.07) is 7.90. The normalized spacial score (nSPS) is 18.8. The average Bonchev–Trinajstić information content (AvgIpc) is 2.46. The molecule has 0 radical (unpaired) electrons. The van der Waals surface area contributed by atoms with Crippen LogP contribution < -0.4 is 16.0 Å². The molecular formula is C15H21N3O2. The molecule has 2 amide bonds. The highest BCUT2D eigenvalue weighted by atomic mass is 16.2. The van der Waals surface area contributed by atoms with Crippen molar-refractivity contribution in [1.29, 1.82) is 0 Å². The third-order valence-electron chi connectivity index (χ3n) is 3.44. The van der Waals surface area contributed by atoms with Gasteiger partial charge in [-0.25, -0.2) is 0 Å². The topological polar surface area (TPSA) is 70.2 Å². The molecule has 0 bridgehead atoms. The molecule has 1 heterocycles. The molecule has 0 saturated carbocycles. The number of hydrogen-bond donors (Lipinski definition) is 3. The van der Waals surface area contributed by atoms with Gasteiger partial charge in [0.25, 0.3) is 0 Å². The summed E-state index contributed by atoms with van der Waals surface area (Å²) in [5, 5.41) is 8.45. The van der Waals surface area contributed by atoms with Crippen LogP contribution >= 0.6 is 0 Å². The quantitative estimate of drug-likeness (QED) is 0.750. The van der Waals surface area contributed by atoms with E-state index in [1.54, 1.807) is 0 Å². The maximum atomic E-state index is 11.9. The summed E-state index contributed by atoms with van der Waals surface area (Å²) in [6.45, 7) is 5.35. The molecule has 5 heteroatoms. The molecule has 1 aromatic rings. The van der Waals surface area contributed by atoms with E-state index in [9.17, 15) is 9.59 Å². The maximum Gasteiger partial charge on any atom is 0.239 e. The largest absolute Gasteiger partial charge is 0.353 e. The lowest BCUT2D eigenvalue weighted by atomic mass is 10.0. The molecule has 3 N–H and O–H groups in total. The van der Waals surface area contributed by atoms with Crippen molar-refractivity contribution < 1.29 is 9.59 Å². The van der Waals surface area contributed by atoms with Gasteiger partial charge in [0, 0.05) is 13.1 Å². The molecule has 1 aromatic carbocycles. The Kier molecular flexibility index (Phi) is 4.74. The Bertz CT molecular complexity index is 472. The molecular weight excluding hydrogens is 254 g/mol. The predicted octanol–water partition coefficient (Wildman–Crippen LogP) is 0.514. The zero-order valence-electron chi connectivity index (χ0n) is 11.9. The molecule has 1 aliphatic heterocycles. The summed E-state index contributed by atoms with van der Waals surface area (Å²) in [4.78, 5) is 22.9. The van der Waals surface area contributed by atoms with E-state index in [0.717, 1.165) is 5.56 Å². The lowest BCUT2D eigenvalue weighted by Crippen LogP contribution is -2.57. The second-order valence-electron chi connectivity index (χ2n) is 5.35. The van der Waals surface area contributed by atoms with Crippen LogP contribution in [0, 0.1) is 0 Å². The second-order valence-corrected chi connectivity index (χ2v) is 5.35. The van der Waals surface area contributed by atoms with Crippen LogP contribution in [-0.4, -0.2) is 30.9 Å². The van der Waals surface area contributed by atoms with Crippen LogP contribution in [-0.2, 0) is 16.1 Å². The summed E-state index contributed by atoms with van der Waals surface area (Å²) in [5.41, 5.74) is 2.36. The molecule has 2 rings (SSSR count). The summed E-state index contributed by atoms with van der Waals surface area (Å²) in [7, 11) is 0. The second kappa shape index (κ2) is 6.52. The molecule has 1 atom stereocenters. The van der Waals surface area contributed by atoms with Gasteiger partial charge in [-0.15, -0.1) is 0 Å². The highest BCUT2D eigenvalue weighted by Gasteiger charge is 2.23. The molecule has 1 unspecified atom stereocenters. The fourth-order valence-corrected chi connectivity index (χ4v) is 2.08. The first-order valence-corrected chi connectivity index (χ1v) is 6.93. The first-order chi connectivity index (χ1) is 9.56. The average molecular weight is 275 g/mol. The molecule has 0 aromatic heterocycles. The minimum atomic E-state index is -0.345. The van der Waals surface area contributed by atoms with Gasteiger partial charge >= 0.3 is 0 Å². The molecule has 0 spiro atoms. The van der Waals surface area contributed by atoms with Crippen molar-refractivity contribution in [2.75, 3.05) is 13.1 Å². The third-order valence-corrected chi connectivity index (χ3v) is 3.44. The van der Waals surface area contributed by atoms with Crippen molar-refractivity contribution in [2.45, 2.75) is 32.4 Å². The maximum absolute atomic E-state index is 11.9. The molecule has 1 fully saturated rings. The number of benzene rings is 1. The van der Waals surface area contributed by atoms with Gasteiger partial charge in [-0.3, -0.25) is 14.9 Å². The van der Waals surface area contributed by atoms with Crippen LogP contribution in [0.1, 0.15) is 30.9 Å². The van der Waals surface area contributed by atoms with Crippen molar-refractivity contribution in [3.05, 3.63) is 35.4 Å². The highest BCUT2D eigenvalue weighted by Crippen LogP contribution is 2.14. The van der Waals surface area contributed by atoms with Gasteiger partial charge in [0.1, 0.15) is 6.04 Å². The lowest BCUT2D eigenvalue weighted by Gasteiger charge is -2.23. The van der Waals surface area contributed by atoms with Gasteiger partial charge in [-0.1, -0.05) is 38.1 Å². The number of piperazine rings is 1. The van der Waals surface area contributed by atoms with Crippen LogP contribution in [0.4, 0.5) is 0 Å². The Balaban J connectivity index is 1.82. The summed E-state index contributed by atoms with van der Waals surface area (Å²) in [6.07, 6.45) is 0. The molecule has 1 aliphatic rings. The molecule has 108 valence electrons. The van der Waals surface area contributed by atoms with E-state index in [-0.39, 0.29) is 24.4 Å². The smallest absolute Gasteiger partial charge is 0.239 e. The van der Waals surface area contributed by atoms with Crippen molar-refractivity contribution in [3.63, 3.8) is 0 Å². The summed E-state index contributed by atoms with van der Waals surface area (Å²) < 4.78 is 0. The van der Waals surface area contributed by atoms with Gasteiger partial charge in [0.2, 0.25) is 11.8 Å². The van der Waals surface area contributed by atoms with Gasteiger partial charge in [-0.2, -0.15) is 0 Å². The van der Waals surface area contributed by atoms with Gasteiger partial charge in [-0.05, 0) is 17.0 Å². The standard InChI is InChI=1S/C15H21N3O2/c1-10(2)12-5-3-11(4-6-12)7-18-15(20)13-8-17-14(19)9-16-13/h3-6,10,13,16H,7-9H2,1-2H3,(H,17,19)(H,18,20). The van der Waals surface area contributed by atoms with Crippen LogP contribution in [0.2, 0.25) is 0 Å². The predicted molar refractivity (Wildman–Crippen MR) is 77.2 cm³/mol. The fourth-order valence-electron chi connectivity index (χ4n) is 2.08. The Morgan fingerprint density at radius 1 is 1.35 bits per heavy atom. The van der Waals surface area contributed by atoms with Crippen molar-refractivity contribution >= 4 is 11.8 Å². The number of carbonyl (C=O) groups excluding carboxylic acids is 2. The van der Waals surface area contributed by atoms with Crippen LogP contribution in [0.25, 0.3) is 0 Å². The summed E-state index contributed by atoms with van der Waals surface area (Å²) >= 11 is 0. The Morgan fingerprint density at radius 3 is 2.60 bits per heavy atom. The minimum absolute atomic E-state index is 0.0710. The lowest BCUT2D eigenvalue weighted by molar-refractivity contribution is -0.126. The number of hydrogen-bond acceptors (Lipinski definition) is 3. The van der Waals surface area contributed by atoms with E-state index in [2.05, 4.69) is 41.9 Å². The Hall–Kier alpha value is -1.88. The van der Waals surface area contributed by atoms with Gasteiger partial charge in [0.15, 0.2) is 0 Å². The molecule has 20 heavy (non-hydrogen) atoms. The monoisotopic (exact) mass is 275 g/mol. The minimum Gasteiger partial charge on any atom is -0.353 e. The van der Waals surface area contributed by atoms with E-state index in [0.29, 0.717) is 19.0 Å². The first-order valence-electron chi connectivity index (χ1n) is 6.93. The van der Waals surface area contributed by atoms with Crippen LogP contribution in [0.5, 0.6) is 0 Å². The van der Waals surface area contributed by atoms with Gasteiger partial charge < -0.3 is 10.6 Å². The van der Waals surface area contributed by atoms with Crippen LogP contribution in [0.3, 0.4) is 0 Å². The van der Waals surface area contributed by atoms with Crippen LogP contribution in [0.15, 0.2) is 24.3 Å². The Morgan fingerprint density at radius 2 is 2.05 bits per heavy atom. The zero-order valence-corrected chi connectivity index (χ0v) is 11.9. The third kappa shape index (κ3) is 3.81. The highest BCUT2D eigenvalue weighted by molar-refractivity contribution is 5.86. The van der Waals surface area contributed by atoms with Crippen molar-refractivity contribution in [1.82, 2.24) is 16.0 Å². The molecule has 0 aliphatic carbocycles. The molecule has 1 saturated heterocycles. The van der Waals surface area contributed by atoms with E-state index in [1.165, 1.54) is 5.56 Å². The number of amides is 2. The van der Waals surface area contributed by atoms with Crippen molar-refractivity contribution in [3.8, 4) is 0 Å². The summed E-state index contributed by atoms with van der Waals surface area (Å²) in [5.74, 6) is 0.352. The van der Waals surface area contributed by atoms with E-state index in [1.807, 2.05) is 12.1 Å². The number of carbonyl (C=O) groups is 2. The van der Waals surface area contributed by atoms with Gasteiger partial charge in [0.05, 0.1) is 6.54 Å². The number of rotatable bonds is 4.